The van der Waals surface area contributed by atoms with Crippen molar-refractivity contribution in [3.05, 3.63) is 46.3 Å². The van der Waals surface area contributed by atoms with Crippen LogP contribution in [0.4, 0.5) is 4.79 Å². The quantitative estimate of drug-likeness (QED) is 0.479. The van der Waals surface area contributed by atoms with Crippen LogP contribution in [0, 0.1) is 0 Å². The summed E-state index contributed by atoms with van der Waals surface area (Å²) in [6.07, 6.45) is 0.437. The number of rotatable bonds is 3. The molecule has 1 heterocycles. The summed E-state index contributed by atoms with van der Waals surface area (Å²) in [4.78, 5) is 16.9. The number of likely N-dealkylation sites (tertiary alicyclic amines) is 1. The average molecular weight is 302 g/mol. The molecule has 0 bridgehead atoms. The molecule has 118 valence electrons. The van der Waals surface area contributed by atoms with Crippen molar-refractivity contribution < 1.29 is 9.53 Å². The minimum Gasteiger partial charge on any atom is -0.444 e. The van der Waals surface area contributed by atoms with Gasteiger partial charge in [-0.2, -0.15) is 0 Å². The molecule has 0 radical (unpaired) electrons. The molecule has 2 atom stereocenters. The number of ether oxygens (including phenoxy) is 1. The molecule has 0 spiro atoms. The van der Waals surface area contributed by atoms with E-state index in [1.807, 2.05) is 39.0 Å². The van der Waals surface area contributed by atoms with Gasteiger partial charge >= 0.3 is 6.09 Å². The predicted octanol–water partition coefficient (Wildman–Crippen LogP) is 4.09. The van der Waals surface area contributed by atoms with Gasteiger partial charge < -0.3 is 9.64 Å². The maximum atomic E-state index is 12.4. The highest BCUT2D eigenvalue weighted by molar-refractivity contribution is 5.69. The Morgan fingerprint density at radius 1 is 1.41 bits per heavy atom. The lowest BCUT2D eigenvalue weighted by molar-refractivity contribution is 0.0230. The van der Waals surface area contributed by atoms with Crippen LogP contribution in [-0.4, -0.2) is 35.7 Å². The summed E-state index contributed by atoms with van der Waals surface area (Å²) in [5.41, 5.74) is 9.20. The number of benzene rings is 1. The normalized spacial score (nSPS) is 21.3. The summed E-state index contributed by atoms with van der Waals surface area (Å²) < 4.78 is 5.47. The number of carbonyl (C=O) groups excluding carboxylic acids is 1. The molecule has 1 aliphatic heterocycles. The van der Waals surface area contributed by atoms with Crippen molar-refractivity contribution in [1.82, 2.24) is 4.90 Å². The summed E-state index contributed by atoms with van der Waals surface area (Å²) >= 11 is 0. The molecular weight excluding hydrogens is 280 g/mol. The topological polar surface area (TPSA) is 78.3 Å². The van der Waals surface area contributed by atoms with E-state index in [2.05, 4.69) is 22.2 Å². The highest BCUT2D eigenvalue weighted by atomic mass is 16.6. The second kappa shape index (κ2) is 6.71. The van der Waals surface area contributed by atoms with Crippen molar-refractivity contribution in [2.45, 2.75) is 44.8 Å². The summed E-state index contributed by atoms with van der Waals surface area (Å²) in [5, 5.41) is 3.64. The molecule has 0 N–H and O–H groups in total. The Morgan fingerprint density at radius 3 is 2.68 bits per heavy atom. The molecular formula is C16H22N4O2. The molecule has 6 nitrogen and oxygen atoms in total. The lowest BCUT2D eigenvalue weighted by atomic mass is 9.96. The standard InChI is InChI=1S/C16H22N4O2/c1-16(2,3)22-15(21)20-11-13(9-14(20)10-18-19-17)12-7-5-4-6-8-12/h4-8,13-14H,9-11H2,1-3H3. The molecule has 6 heteroatoms. The zero-order valence-electron chi connectivity index (χ0n) is 13.3. The van der Waals surface area contributed by atoms with Crippen LogP contribution in [0.3, 0.4) is 0 Å². The van der Waals surface area contributed by atoms with Gasteiger partial charge in [0.2, 0.25) is 0 Å². The first-order chi connectivity index (χ1) is 10.4. The summed E-state index contributed by atoms with van der Waals surface area (Å²) in [5.74, 6) is 0.243. The van der Waals surface area contributed by atoms with E-state index in [4.69, 9.17) is 10.3 Å². The molecule has 1 aromatic rings. The van der Waals surface area contributed by atoms with Crippen LogP contribution in [0.2, 0.25) is 0 Å². The Bertz CT molecular complexity index is 561. The molecule has 2 rings (SSSR count). The lowest BCUT2D eigenvalue weighted by Gasteiger charge is -2.28. The molecule has 22 heavy (non-hydrogen) atoms. The number of hydrogen-bond acceptors (Lipinski definition) is 3. The van der Waals surface area contributed by atoms with Crippen LogP contribution in [0.25, 0.3) is 10.4 Å². The van der Waals surface area contributed by atoms with Gasteiger partial charge in [0, 0.05) is 30.0 Å². The van der Waals surface area contributed by atoms with Crippen LogP contribution >= 0.6 is 0 Å². The molecule has 0 aromatic heterocycles. The molecule has 2 unspecified atom stereocenters. The van der Waals surface area contributed by atoms with Crippen LogP contribution < -0.4 is 0 Å². The van der Waals surface area contributed by atoms with Crippen LogP contribution in [0.15, 0.2) is 35.4 Å². The molecule has 0 saturated carbocycles. The summed E-state index contributed by atoms with van der Waals surface area (Å²) in [6.45, 7) is 6.40. The SMILES string of the molecule is CC(C)(C)OC(=O)N1CC(c2ccccc2)CC1CN=[N+]=[N-]. The smallest absolute Gasteiger partial charge is 0.410 e. The molecule has 1 saturated heterocycles. The first kappa shape index (κ1) is 16.2. The van der Waals surface area contributed by atoms with Gasteiger partial charge in [-0.1, -0.05) is 35.4 Å². The Balaban J connectivity index is 2.15. The second-order valence-corrected chi connectivity index (χ2v) is 6.54. The van der Waals surface area contributed by atoms with Crippen molar-refractivity contribution in [3.8, 4) is 0 Å². The van der Waals surface area contributed by atoms with E-state index >= 15 is 0 Å². The monoisotopic (exact) mass is 302 g/mol. The van der Waals surface area contributed by atoms with E-state index in [-0.39, 0.29) is 24.6 Å². The van der Waals surface area contributed by atoms with E-state index in [0.29, 0.717) is 6.54 Å². The zero-order valence-corrected chi connectivity index (χ0v) is 13.3. The number of nitrogens with zero attached hydrogens (tertiary/aromatic N) is 4. The zero-order chi connectivity index (χ0) is 16.2. The Kier molecular flexibility index (Phi) is 4.93. The van der Waals surface area contributed by atoms with E-state index in [9.17, 15) is 4.79 Å². The summed E-state index contributed by atoms with van der Waals surface area (Å²) in [6, 6.07) is 9.97. The molecule has 1 fully saturated rings. The minimum absolute atomic E-state index is 0.115. The van der Waals surface area contributed by atoms with E-state index in [0.717, 1.165) is 6.42 Å². The highest BCUT2D eigenvalue weighted by Gasteiger charge is 2.37. The van der Waals surface area contributed by atoms with Crippen molar-refractivity contribution in [2.75, 3.05) is 13.1 Å². The third kappa shape index (κ3) is 4.15. The second-order valence-electron chi connectivity index (χ2n) is 6.54. The number of azide groups is 1. The Hall–Kier alpha value is -2.20. The first-order valence-electron chi connectivity index (χ1n) is 7.46. The fraction of sp³-hybridized carbons (Fsp3) is 0.562. The van der Waals surface area contributed by atoms with Gasteiger partial charge in [-0.15, -0.1) is 0 Å². The van der Waals surface area contributed by atoms with Gasteiger partial charge in [0.25, 0.3) is 0 Å². The average Bonchev–Trinajstić information content (AvgIpc) is 2.88. The summed E-state index contributed by atoms with van der Waals surface area (Å²) in [7, 11) is 0. The molecule has 0 aliphatic carbocycles. The molecule has 1 amide bonds. The van der Waals surface area contributed by atoms with Gasteiger partial charge in [0.15, 0.2) is 0 Å². The fourth-order valence-corrected chi connectivity index (χ4v) is 2.73. The lowest BCUT2D eigenvalue weighted by Crippen LogP contribution is -2.41. The van der Waals surface area contributed by atoms with Gasteiger partial charge in [-0.25, -0.2) is 4.79 Å². The first-order valence-corrected chi connectivity index (χ1v) is 7.46. The van der Waals surface area contributed by atoms with Crippen LogP contribution in [0.1, 0.15) is 38.7 Å². The van der Waals surface area contributed by atoms with Crippen LogP contribution in [0.5, 0.6) is 0 Å². The van der Waals surface area contributed by atoms with Crippen molar-refractivity contribution in [2.24, 2.45) is 5.11 Å². The van der Waals surface area contributed by atoms with Crippen molar-refractivity contribution >= 4 is 6.09 Å². The molecule has 1 aromatic carbocycles. The van der Waals surface area contributed by atoms with Gasteiger partial charge in [-0.3, -0.25) is 0 Å². The van der Waals surface area contributed by atoms with Crippen molar-refractivity contribution in [1.29, 1.82) is 0 Å². The van der Waals surface area contributed by atoms with Gasteiger partial charge in [-0.05, 0) is 38.3 Å². The fourth-order valence-electron chi connectivity index (χ4n) is 2.73. The third-order valence-electron chi connectivity index (χ3n) is 3.67. The van der Waals surface area contributed by atoms with Crippen molar-refractivity contribution in [3.63, 3.8) is 0 Å². The highest BCUT2D eigenvalue weighted by Crippen LogP contribution is 2.32. The number of hydrogen-bond donors (Lipinski definition) is 0. The third-order valence-corrected chi connectivity index (χ3v) is 3.67. The van der Waals surface area contributed by atoms with E-state index < -0.39 is 5.60 Å². The number of amides is 1. The molecule has 1 aliphatic rings. The maximum Gasteiger partial charge on any atom is 0.410 e. The largest absolute Gasteiger partial charge is 0.444 e. The van der Waals surface area contributed by atoms with Gasteiger partial charge in [0.1, 0.15) is 5.60 Å². The number of carbonyl (C=O) groups is 1. The minimum atomic E-state index is -0.537. The predicted molar refractivity (Wildman–Crippen MR) is 84.5 cm³/mol. The maximum absolute atomic E-state index is 12.4. The van der Waals surface area contributed by atoms with E-state index in [1.54, 1.807) is 4.90 Å². The Morgan fingerprint density at radius 2 is 2.09 bits per heavy atom. The van der Waals surface area contributed by atoms with Gasteiger partial charge in [0.05, 0.1) is 0 Å². The van der Waals surface area contributed by atoms with Crippen LogP contribution in [-0.2, 0) is 4.74 Å². The Labute approximate surface area is 130 Å². The van der Waals surface area contributed by atoms with E-state index in [1.165, 1.54) is 5.56 Å².